The molecular formula is C12H15NO2. The Morgan fingerprint density at radius 2 is 2.40 bits per heavy atom. The number of fused-ring (bicyclic) bond motifs is 3. The Kier molecular flexibility index (Phi) is 2.15. The molecule has 1 aromatic carbocycles. The van der Waals surface area contributed by atoms with Gasteiger partial charge in [0.2, 0.25) is 0 Å². The van der Waals surface area contributed by atoms with E-state index in [0.717, 1.165) is 25.3 Å². The van der Waals surface area contributed by atoms with Gasteiger partial charge in [0, 0.05) is 18.5 Å². The van der Waals surface area contributed by atoms with Crippen LogP contribution in [-0.4, -0.2) is 26.4 Å². The molecule has 1 aliphatic carbocycles. The summed E-state index contributed by atoms with van der Waals surface area (Å²) in [6.45, 7) is 1.76. The normalized spacial score (nSPS) is 28.3. The summed E-state index contributed by atoms with van der Waals surface area (Å²) >= 11 is 0. The van der Waals surface area contributed by atoms with Gasteiger partial charge in [-0.3, -0.25) is 0 Å². The second kappa shape index (κ2) is 3.51. The Balaban J connectivity index is 2.03. The zero-order chi connectivity index (χ0) is 10.3. The van der Waals surface area contributed by atoms with Crippen LogP contribution >= 0.6 is 0 Å². The maximum atomic E-state index is 5.77. The second-order valence-corrected chi connectivity index (χ2v) is 4.07. The number of hydrogen-bond donors (Lipinski definition) is 1. The van der Waals surface area contributed by atoms with Gasteiger partial charge in [-0.2, -0.15) is 0 Å². The molecule has 1 aliphatic heterocycles. The number of methoxy groups -OCH3 is 1. The second-order valence-electron chi connectivity index (χ2n) is 4.07. The lowest BCUT2D eigenvalue weighted by Gasteiger charge is -2.27. The summed E-state index contributed by atoms with van der Waals surface area (Å²) in [6, 6.07) is 6.61. The van der Waals surface area contributed by atoms with E-state index in [0.29, 0.717) is 12.1 Å². The molecule has 1 saturated heterocycles. The first kappa shape index (κ1) is 9.19. The Bertz CT molecular complexity index is 378. The average molecular weight is 205 g/mol. The molecule has 2 unspecified atom stereocenters. The minimum Gasteiger partial charge on any atom is -0.496 e. The topological polar surface area (TPSA) is 30.5 Å². The smallest absolute Gasteiger partial charge is 0.122 e. The van der Waals surface area contributed by atoms with Crippen molar-refractivity contribution in [2.45, 2.75) is 18.6 Å². The molecule has 1 aromatic rings. The van der Waals surface area contributed by atoms with Crippen LogP contribution in [0.25, 0.3) is 0 Å². The monoisotopic (exact) mass is 205 g/mol. The zero-order valence-electron chi connectivity index (χ0n) is 8.82. The van der Waals surface area contributed by atoms with Crippen LogP contribution < -0.4 is 10.1 Å². The van der Waals surface area contributed by atoms with Crippen LogP contribution in [-0.2, 0) is 11.2 Å². The van der Waals surface area contributed by atoms with Crippen molar-refractivity contribution in [2.24, 2.45) is 0 Å². The average Bonchev–Trinajstić information content (AvgIpc) is 2.67. The van der Waals surface area contributed by atoms with Crippen molar-refractivity contribution in [1.82, 2.24) is 5.32 Å². The van der Waals surface area contributed by atoms with Crippen molar-refractivity contribution in [3.63, 3.8) is 0 Å². The molecule has 3 nitrogen and oxygen atoms in total. The predicted molar refractivity (Wildman–Crippen MR) is 57.2 cm³/mol. The molecule has 3 rings (SSSR count). The number of ether oxygens (including phenoxy) is 2. The van der Waals surface area contributed by atoms with E-state index in [1.807, 2.05) is 6.07 Å². The van der Waals surface area contributed by atoms with Gasteiger partial charge in [-0.05, 0) is 11.6 Å². The lowest BCUT2D eigenvalue weighted by Crippen LogP contribution is -2.39. The third-order valence-corrected chi connectivity index (χ3v) is 3.30. The number of morpholine rings is 1. The van der Waals surface area contributed by atoms with E-state index in [1.54, 1.807) is 7.11 Å². The molecule has 2 atom stereocenters. The summed E-state index contributed by atoms with van der Waals surface area (Å²) in [6.07, 6.45) is 1.27. The number of nitrogens with one attached hydrogen (secondary N) is 1. The quantitative estimate of drug-likeness (QED) is 0.749. The highest BCUT2D eigenvalue weighted by Crippen LogP contribution is 2.39. The molecule has 1 N–H and O–H groups in total. The van der Waals surface area contributed by atoms with E-state index in [9.17, 15) is 0 Å². The highest BCUT2D eigenvalue weighted by Gasteiger charge is 2.36. The summed E-state index contributed by atoms with van der Waals surface area (Å²) < 4.78 is 11.1. The Morgan fingerprint density at radius 3 is 3.27 bits per heavy atom. The Morgan fingerprint density at radius 1 is 1.47 bits per heavy atom. The van der Waals surface area contributed by atoms with Crippen molar-refractivity contribution < 1.29 is 9.47 Å². The Labute approximate surface area is 89.4 Å². The largest absolute Gasteiger partial charge is 0.496 e. The molecule has 1 heterocycles. The molecular weight excluding hydrogens is 190 g/mol. The molecule has 1 fully saturated rings. The van der Waals surface area contributed by atoms with Gasteiger partial charge in [0.25, 0.3) is 0 Å². The standard InChI is InChI=1S/C12H15NO2/c1-14-10-4-2-3-8-9(10)7-11-12(8)13-5-6-15-11/h2-4,11-13H,5-7H2,1H3. The SMILES string of the molecule is COc1cccc2c1CC1OCCNC21. The third kappa shape index (κ3) is 1.34. The first-order chi connectivity index (χ1) is 7.40. The molecule has 0 spiro atoms. The van der Waals surface area contributed by atoms with Crippen molar-refractivity contribution >= 4 is 0 Å². The molecule has 0 aromatic heterocycles. The van der Waals surface area contributed by atoms with Gasteiger partial charge in [-0.25, -0.2) is 0 Å². The highest BCUT2D eigenvalue weighted by molar-refractivity contribution is 5.46. The van der Waals surface area contributed by atoms with E-state index in [1.165, 1.54) is 11.1 Å². The highest BCUT2D eigenvalue weighted by atomic mass is 16.5. The summed E-state index contributed by atoms with van der Waals surface area (Å²) in [4.78, 5) is 0. The maximum absolute atomic E-state index is 5.77. The number of benzene rings is 1. The summed E-state index contributed by atoms with van der Waals surface area (Å²) in [7, 11) is 1.73. The van der Waals surface area contributed by atoms with Gasteiger partial charge in [-0.15, -0.1) is 0 Å². The number of hydrogen-bond acceptors (Lipinski definition) is 3. The van der Waals surface area contributed by atoms with E-state index >= 15 is 0 Å². The fourth-order valence-corrected chi connectivity index (χ4v) is 2.62. The maximum Gasteiger partial charge on any atom is 0.122 e. The van der Waals surface area contributed by atoms with Gasteiger partial charge < -0.3 is 14.8 Å². The van der Waals surface area contributed by atoms with Gasteiger partial charge in [-0.1, -0.05) is 12.1 Å². The third-order valence-electron chi connectivity index (χ3n) is 3.30. The molecule has 3 heteroatoms. The predicted octanol–water partition coefficient (Wildman–Crippen LogP) is 1.28. The van der Waals surface area contributed by atoms with Gasteiger partial charge in [0.1, 0.15) is 5.75 Å². The van der Waals surface area contributed by atoms with Gasteiger partial charge in [0.15, 0.2) is 0 Å². The van der Waals surface area contributed by atoms with Crippen LogP contribution in [0.3, 0.4) is 0 Å². The van der Waals surface area contributed by atoms with Crippen LogP contribution in [0, 0.1) is 0 Å². The van der Waals surface area contributed by atoms with Crippen LogP contribution in [0.1, 0.15) is 17.2 Å². The molecule has 0 saturated carbocycles. The first-order valence-electron chi connectivity index (χ1n) is 5.41. The van der Waals surface area contributed by atoms with Crippen molar-refractivity contribution in [1.29, 1.82) is 0 Å². The molecule has 0 bridgehead atoms. The van der Waals surface area contributed by atoms with Crippen molar-refractivity contribution in [3.8, 4) is 5.75 Å². The van der Waals surface area contributed by atoms with Crippen LogP contribution in [0.5, 0.6) is 5.75 Å². The van der Waals surface area contributed by atoms with Gasteiger partial charge >= 0.3 is 0 Å². The molecule has 2 aliphatic rings. The summed E-state index contributed by atoms with van der Waals surface area (Å²) in [5.74, 6) is 0.993. The minimum absolute atomic E-state index is 0.296. The van der Waals surface area contributed by atoms with E-state index in [4.69, 9.17) is 9.47 Å². The fourth-order valence-electron chi connectivity index (χ4n) is 2.62. The lowest BCUT2D eigenvalue weighted by atomic mass is 10.1. The molecule has 80 valence electrons. The number of rotatable bonds is 1. The van der Waals surface area contributed by atoms with Crippen molar-refractivity contribution in [2.75, 3.05) is 20.3 Å². The molecule has 0 radical (unpaired) electrons. The zero-order valence-corrected chi connectivity index (χ0v) is 8.82. The molecule has 15 heavy (non-hydrogen) atoms. The fraction of sp³-hybridized carbons (Fsp3) is 0.500. The molecule has 0 amide bonds. The van der Waals surface area contributed by atoms with Crippen molar-refractivity contribution in [3.05, 3.63) is 29.3 Å². The van der Waals surface area contributed by atoms with Gasteiger partial charge in [0.05, 0.1) is 25.9 Å². The van der Waals surface area contributed by atoms with E-state index < -0.39 is 0 Å². The van der Waals surface area contributed by atoms with E-state index in [2.05, 4.69) is 17.4 Å². The van der Waals surface area contributed by atoms with Crippen LogP contribution in [0.15, 0.2) is 18.2 Å². The van der Waals surface area contributed by atoms with Crippen LogP contribution in [0.2, 0.25) is 0 Å². The van der Waals surface area contributed by atoms with E-state index in [-0.39, 0.29) is 0 Å². The lowest BCUT2D eigenvalue weighted by molar-refractivity contribution is 0.00494. The summed E-state index contributed by atoms with van der Waals surface area (Å²) in [5, 5.41) is 3.51. The summed E-state index contributed by atoms with van der Waals surface area (Å²) in [5.41, 5.74) is 2.66. The minimum atomic E-state index is 0.296. The van der Waals surface area contributed by atoms with Crippen LogP contribution in [0.4, 0.5) is 0 Å². The first-order valence-corrected chi connectivity index (χ1v) is 5.41. The Hall–Kier alpha value is -1.06.